The molecule has 0 aliphatic rings. The van der Waals surface area contributed by atoms with E-state index in [1.54, 1.807) is 0 Å². The van der Waals surface area contributed by atoms with Crippen molar-refractivity contribution in [2.75, 3.05) is 17.6 Å². The molecule has 0 fully saturated rings. The zero-order valence-electron chi connectivity index (χ0n) is 7.96. The maximum Gasteiger partial charge on any atom is 0.0597 e. The molecule has 0 saturated heterocycles. The van der Waals surface area contributed by atoms with E-state index in [0.717, 1.165) is 18.7 Å². The summed E-state index contributed by atoms with van der Waals surface area (Å²) in [5.74, 6) is 0.926. The number of aromatic nitrogens is 1. The highest BCUT2D eigenvalue weighted by atomic mass is 32.1. The number of H-pyrrole nitrogens is 1. The maximum atomic E-state index is 4.18. The molecule has 0 aliphatic heterocycles. The fourth-order valence-corrected chi connectivity index (χ4v) is 1.68. The average molecular weight is 206 g/mol. The molecule has 74 valence electrons. The lowest BCUT2D eigenvalue weighted by Gasteiger charge is -2.02. The number of rotatable bonds is 4. The summed E-state index contributed by atoms with van der Waals surface area (Å²) in [6.07, 6.45) is 3.10. The van der Waals surface area contributed by atoms with Crippen molar-refractivity contribution in [3.8, 4) is 0 Å². The van der Waals surface area contributed by atoms with Gasteiger partial charge in [0, 0.05) is 23.6 Å². The fraction of sp³-hybridized carbons (Fsp3) is 0.273. The van der Waals surface area contributed by atoms with Gasteiger partial charge in [0.15, 0.2) is 0 Å². The molecule has 2 nitrogen and oxygen atoms in total. The van der Waals surface area contributed by atoms with Gasteiger partial charge in [-0.3, -0.25) is 0 Å². The molecule has 1 aromatic heterocycles. The molecule has 1 heterocycles. The lowest BCUT2D eigenvalue weighted by molar-refractivity contribution is 0.997. The summed E-state index contributed by atoms with van der Waals surface area (Å²) in [6.45, 7) is 0.978. The van der Waals surface area contributed by atoms with Crippen LogP contribution in [0.5, 0.6) is 0 Å². The lowest BCUT2D eigenvalue weighted by atomic mass is 10.2. The number of nitrogens with one attached hydrogen (secondary N) is 2. The molecule has 0 saturated carbocycles. The Hall–Kier alpha value is -1.09. The predicted octanol–water partition coefficient (Wildman–Crippen LogP) is 2.90. The molecular weight excluding hydrogens is 192 g/mol. The van der Waals surface area contributed by atoms with Crippen LogP contribution in [0.4, 0.5) is 5.69 Å². The van der Waals surface area contributed by atoms with Crippen LogP contribution in [0.3, 0.4) is 0 Å². The van der Waals surface area contributed by atoms with Crippen LogP contribution in [0, 0.1) is 0 Å². The van der Waals surface area contributed by atoms with E-state index >= 15 is 0 Å². The summed E-state index contributed by atoms with van der Waals surface area (Å²) in [6, 6.07) is 8.30. The largest absolute Gasteiger partial charge is 0.383 e. The molecule has 0 bridgehead atoms. The van der Waals surface area contributed by atoms with Gasteiger partial charge in [0.05, 0.1) is 5.69 Å². The summed E-state index contributed by atoms with van der Waals surface area (Å²) in [4.78, 5) is 3.23. The summed E-state index contributed by atoms with van der Waals surface area (Å²) >= 11 is 4.18. The standard InChI is InChI=1S/C11H14N2S/c14-7-3-6-12-11-8-13-10-5-2-1-4-9(10)11/h1-2,4-5,8,12-14H,3,6-7H2. The number of aromatic amines is 1. The van der Waals surface area contributed by atoms with Gasteiger partial charge in [-0.15, -0.1) is 0 Å². The van der Waals surface area contributed by atoms with Crippen LogP contribution in [-0.2, 0) is 0 Å². The zero-order valence-corrected chi connectivity index (χ0v) is 8.85. The van der Waals surface area contributed by atoms with Gasteiger partial charge in [-0.2, -0.15) is 12.6 Å². The normalized spacial score (nSPS) is 10.6. The number of anilines is 1. The van der Waals surface area contributed by atoms with Crippen LogP contribution in [0.25, 0.3) is 10.9 Å². The molecule has 0 amide bonds. The van der Waals surface area contributed by atoms with Crippen LogP contribution in [0.1, 0.15) is 6.42 Å². The van der Waals surface area contributed by atoms with Crippen molar-refractivity contribution < 1.29 is 0 Å². The van der Waals surface area contributed by atoms with E-state index in [0.29, 0.717) is 0 Å². The van der Waals surface area contributed by atoms with Crippen LogP contribution in [0.2, 0.25) is 0 Å². The Kier molecular flexibility index (Phi) is 2.99. The molecule has 0 unspecified atom stereocenters. The first-order valence-corrected chi connectivity index (χ1v) is 5.46. The summed E-state index contributed by atoms with van der Waals surface area (Å²) in [7, 11) is 0. The van der Waals surface area contributed by atoms with Crippen molar-refractivity contribution in [3.05, 3.63) is 30.5 Å². The molecule has 3 heteroatoms. The Bertz CT molecular complexity index is 408. The highest BCUT2D eigenvalue weighted by Crippen LogP contribution is 2.22. The van der Waals surface area contributed by atoms with Gasteiger partial charge in [-0.25, -0.2) is 0 Å². The van der Waals surface area contributed by atoms with E-state index in [4.69, 9.17) is 0 Å². The predicted molar refractivity (Wildman–Crippen MR) is 65.3 cm³/mol. The average Bonchev–Trinajstić information content (AvgIpc) is 2.63. The van der Waals surface area contributed by atoms with Crippen LogP contribution < -0.4 is 5.32 Å². The third-order valence-electron chi connectivity index (χ3n) is 2.24. The van der Waals surface area contributed by atoms with Gasteiger partial charge in [-0.05, 0) is 18.2 Å². The summed E-state index contributed by atoms with van der Waals surface area (Å²) in [5.41, 5.74) is 2.36. The molecule has 0 atom stereocenters. The van der Waals surface area contributed by atoms with E-state index in [-0.39, 0.29) is 0 Å². The number of benzene rings is 1. The number of fused-ring (bicyclic) bond motifs is 1. The molecular formula is C11H14N2S. The Labute approximate surface area is 89.1 Å². The first-order chi connectivity index (χ1) is 6.92. The van der Waals surface area contributed by atoms with Gasteiger partial charge >= 0.3 is 0 Å². The highest BCUT2D eigenvalue weighted by molar-refractivity contribution is 7.80. The van der Waals surface area contributed by atoms with E-state index in [1.807, 2.05) is 12.3 Å². The van der Waals surface area contributed by atoms with Gasteiger partial charge in [0.2, 0.25) is 0 Å². The van der Waals surface area contributed by atoms with E-state index in [2.05, 4.69) is 41.1 Å². The fourth-order valence-electron chi connectivity index (χ4n) is 1.52. The zero-order chi connectivity index (χ0) is 9.80. The number of hydrogen-bond donors (Lipinski definition) is 3. The van der Waals surface area contributed by atoms with Gasteiger partial charge in [0.25, 0.3) is 0 Å². The Morgan fingerprint density at radius 3 is 3.00 bits per heavy atom. The van der Waals surface area contributed by atoms with Gasteiger partial charge < -0.3 is 10.3 Å². The quantitative estimate of drug-likeness (QED) is 0.521. The van der Waals surface area contributed by atoms with Gasteiger partial charge in [-0.1, -0.05) is 18.2 Å². The number of thiol groups is 1. The topological polar surface area (TPSA) is 27.8 Å². The smallest absolute Gasteiger partial charge is 0.0597 e. The monoisotopic (exact) mass is 206 g/mol. The van der Waals surface area contributed by atoms with Crippen LogP contribution >= 0.6 is 12.6 Å². The minimum atomic E-state index is 0.926. The van der Waals surface area contributed by atoms with E-state index < -0.39 is 0 Å². The minimum Gasteiger partial charge on any atom is -0.383 e. The van der Waals surface area contributed by atoms with Crippen molar-refractivity contribution in [2.24, 2.45) is 0 Å². The van der Waals surface area contributed by atoms with Crippen molar-refractivity contribution >= 4 is 29.2 Å². The second-order valence-electron chi connectivity index (χ2n) is 3.25. The third kappa shape index (κ3) is 1.87. The molecule has 2 N–H and O–H groups in total. The second-order valence-corrected chi connectivity index (χ2v) is 3.70. The Morgan fingerprint density at radius 2 is 2.14 bits per heavy atom. The SMILES string of the molecule is SCCCNc1c[nH]c2ccccc12. The summed E-state index contributed by atoms with van der Waals surface area (Å²) < 4.78 is 0. The number of hydrogen-bond acceptors (Lipinski definition) is 2. The first kappa shape index (κ1) is 9.46. The van der Waals surface area contributed by atoms with Crippen LogP contribution in [-0.4, -0.2) is 17.3 Å². The Balaban J connectivity index is 2.17. The van der Waals surface area contributed by atoms with Crippen LogP contribution in [0.15, 0.2) is 30.5 Å². The summed E-state index contributed by atoms with van der Waals surface area (Å²) in [5, 5.41) is 4.64. The first-order valence-electron chi connectivity index (χ1n) is 4.82. The van der Waals surface area contributed by atoms with Crippen molar-refractivity contribution in [1.29, 1.82) is 0 Å². The number of para-hydroxylation sites is 1. The van der Waals surface area contributed by atoms with E-state index in [1.165, 1.54) is 16.6 Å². The molecule has 14 heavy (non-hydrogen) atoms. The molecule has 0 radical (unpaired) electrons. The lowest BCUT2D eigenvalue weighted by Crippen LogP contribution is -2.00. The Morgan fingerprint density at radius 1 is 1.29 bits per heavy atom. The van der Waals surface area contributed by atoms with Crippen molar-refractivity contribution in [1.82, 2.24) is 4.98 Å². The maximum absolute atomic E-state index is 4.18. The molecule has 2 rings (SSSR count). The highest BCUT2D eigenvalue weighted by Gasteiger charge is 2.00. The minimum absolute atomic E-state index is 0.926. The molecule has 2 aromatic rings. The van der Waals surface area contributed by atoms with E-state index in [9.17, 15) is 0 Å². The third-order valence-corrected chi connectivity index (χ3v) is 2.56. The molecule has 0 aliphatic carbocycles. The van der Waals surface area contributed by atoms with Gasteiger partial charge in [0.1, 0.15) is 0 Å². The van der Waals surface area contributed by atoms with Crippen molar-refractivity contribution in [3.63, 3.8) is 0 Å². The molecule has 0 spiro atoms. The molecule has 1 aromatic carbocycles. The second kappa shape index (κ2) is 4.42. The van der Waals surface area contributed by atoms with Crippen molar-refractivity contribution in [2.45, 2.75) is 6.42 Å².